The molecule has 5 nitrogen and oxygen atoms in total. The molecule has 1 amide bonds. The van der Waals surface area contributed by atoms with E-state index in [2.05, 4.69) is 15.0 Å². The highest BCUT2D eigenvalue weighted by Crippen LogP contribution is 2.13. The number of carbonyl (C=O) groups is 1. The molecule has 0 saturated carbocycles. The van der Waals surface area contributed by atoms with Gasteiger partial charge in [-0.2, -0.15) is 0 Å². The fourth-order valence-electron chi connectivity index (χ4n) is 2.18. The molecule has 5 heteroatoms. The van der Waals surface area contributed by atoms with E-state index in [0.29, 0.717) is 18.8 Å². The summed E-state index contributed by atoms with van der Waals surface area (Å²) in [6.45, 7) is 0.712. The number of aliphatic imine (C=N–C) groups is 2. The molecule has 0 N–H and O–H groups in total. The fourth-order valence-corrected chi connectivity index (χ4v) is 2.18. The summed E-state index contributed by atoms with van der Waals surface area (Å²) < 4.78 is 5.52. The maximum absolute atomic E-state index is 12.4. The van der Waals surface area contributed by atoms with E-state index in [1.807, 2.05) is 24.3 Å². The summed E-state index contributed by atoms with van der Waals surface area (Å²) in [5.41, 5.74) is 3.01. The van der Waals surface area contributed by atoms with Crippen LogP contribution >= 0.6 is 0 Å². The van der Waals surface area contributed by atoms with Crippen molar-refractivity contribution >= 4 is 24.4 Å². The summed E-state index contributed by atoms with van der Waals surface area (Å²) in [5, 5.41) is 0. The number of hydrogen-bond donors (Lipinski definition) is 0. The lowest BCUT2D eigenvalue weighted by Crippen LogP contribution is -2.05. The van der Waals surface area contributed by atoms with Crippen LogP contribution in [0.15, 0.2) is 58.9 Å². The van der Waals surface area contributed by atoms with Gasteiger partial charge in [-0.05, 0) is 23.8 Å². The predicted molar refractivity (Wildman–Crippen MR) is 89.8 cm³/mol. The average Bonchev–Trinajstić information content (AvgIpc) is 2.59. The molecule has 0 saturated heterocycles. The van der Waals surface area contributed by atoms with E-state index in [0.717, 1.165) is 16.7 Å². The quantitative estimate of drug-likeness (QED) is 0.751. The Bertz CT molecular complexity index is 794. The maximum Gasteiger partial charge on any atom is 0.277 e. The summed E-state index contributed by atoms with van der Waals surface area (Å²) in [6, 6.07) is 9.12. The Morgan fingerprint density at radius 2 is 2.00 bits per heavy atom. The fraction of sp³-hybridized carbons (Fsp3) is 0.111. The minimum atomic E-state index is -0.290. The van der Waals surface area contributed by atoms with Crippen LogP contribution in [0, 0.1) is 0 Å². The molecule has 0 bridgehead atoms. The van der Waals surface area contributed by atoms with Gasteiger partial charge in [0, 0.05) is 47.7 Å². The number of aromatic nitrogens is 1. The second-order valence-corrected chi connectivity index (χ2v) is 4.89. The topological polar surface area (TPSA) is 63.9 Å². The molecule has 114 valence electrons. The third-order valence-electron chi connectivity index (χ3n) is 3.35. The molecule has 1 aliphatic rings. The van der Waals surface area contributed by atoms with Crippen molar-refractivity contribution in [1.82, 2.24) is 4.98 Å². The molecular formula is C18H15N3O2. The number of amides is 1. The number of carbonyl (C=O) groups excluding carboxylic acids is 1. The monoisotopic (exact) mass is 305 g/mol. The van der Waals surface area contributed by atoms with Crippen LogP contribution in [0.25, 0.3) is 6.08 Å². The molecule has 2 heterocycles. The number of rotatable bonds is 0. The molecule has 0 fully saturated rings. The highest BCUT2D eigenvalue weighted by atomic mass is 16.5. The van der Waals surface area contributed by atoms with E-state index in [1.54, 1.807) is 43.2 Å². The first-order valence-corrected chi connectivity index (χ1v) is 7.21. The van der Waals surface area contributed by atoms with Gasteiger partial charge in [0.25, 0.3) is 5.91 Å². The third-order valence-corrected chi connectivity index (χ3v) is 3.35. The summed E-state index contributed by atoms with van der Waals surface area (Å²) >= 11 is 0. The van der Waals surface area contributed by atoms with Crippen molar-refractivity contribution in [1.29, 1.82) is 0 Å². The normalized spacial score (nSPS) is 16.3. The van der Waals surface area contributed by atoms with Gasteiger partial charge in [0.15, 0.2) is 0 Å². The Morgan fingerprint density at radius 3 is 2.96 bits per heavy atom. The van der Waals surface area contributed by atoms with Crippen molar-refractivity contribution in [3.8, 4) is 0 Å². The minimum absolute atomic E-state index is 0.290. The molecule has 0 spiro atoms. The first-order chi connectivity index (χ1) is 11.3. The van der Waals surface area contributed by atoms with Gasteiger partial charge in [-0.15, -0.1) is 0 Å². The standard InChI is InChI=1S/C18H15N3O2/c22-18-17-4-2-1-3-16(17)13-23-10-9-19-7-5-14-11-20-8-6-15(14)12-21-18/h1-9,11-12H,10,13H2/b7-5-,19-9?,21-12?. The lowest BCUT2D eigenvalue weighted by atomic mass is 10.1. The van der Waals surface area contributed by atoms with E-state index in [4.69, 9.17) is 4.74 Å². The van der Waals surface area contributed by atoms with Crippen molar-refractivity contribution in [3.63, 3.8) is 0 Å². The van der Waals surface area contributed by atoms with Gasteiger partial charge in [0.2, 0.25) is 0 Å². The number of hydrogen-bond acceptors (Lipinski definition) is 4. The van der Waals surface area contributed by atoms with Crippen LogP contribution in [0.3, 0.4) is 0 Å². The molecular weight excluding hydrogens is 290 g/mol. The first-order valence-electron chi connectivity index (χ1n) is 7.21. The van der Waals surface area contributed by atoms with Crippen LogP contribution in [-0.2, 0) is 11.3 Å². The van der Waals surface area contributed by atoms with Crippen molar-refractivity contribution < 1.29 is 9.53 Å². The lowest BCUT2D eigenvalue weighted by molar-refractivity contribution is 0.0997. The van der Waals surface area contributed by atoms with Crippen LogP contribution in [0.4, 0.5) is 0 Å². The smallest absolute Gasteiger partial charge is 0.277 e. The van der Waals surface area contributed by atoms with Crippen LogP contribution in [0.1, 0.15) is 27.0 Å². The molecule has 2 aromatic rings. The van der Waals surface area contributed by atoms with Crippen molar-refractivity contribution in [3.05, 3.63) is 71.2 Å². The number of fused-ring (bicyclic) bond motifs is 2. The molecule has 0 aliphatic carbocycles. The zero-order valence-electron chi connectivity index (χ0n) is 12.4. The van der Waals surface area contributed by atoms with Crippen molar-refractivity contribution in [2.24, 2.45) is 9.98 Å². The Labute approximate surface area is 134 Å². The zero-order chi connectivity index (χ0) is 15.9. The average molecular weight is 305 g/mol. The summed E-state index contributed by atoms with van der Waals surface area (Å²) in [5.74, 6) is -0.290. The molecule has 1 aliphatic heterocycles. The highest BCUT2D eigenvalue weighted by Gasteiger charge is 2.09. The van der Waals surface area contributed by atoms with E-state index >= 15 is 0 Å². The van der Waals surface area contributed by atoms with E-state index in [-0.39, 0.29) is 5.91 Å². The third kappa shape index (κ3) is 3.84. The minimum Gasteiger partial charge on any atom is -0.371 e. The van der Waals surface area contributed by atoms with E-state index < -0.39 is 0 Å². The van der Waals surface area contributed by atoms with E-state index in [1.165, 1.54) is 0 Å². The van der Waals surface area contributed by atoms with Gasteiger partial charge in [-0.1, -0.05) is 18.2 Å². The van der Waals surface area contributed by atoms with Crippen LogP contribution in [0.5, 0.6) is 0 Å². The van der Waals surface area contributed by atoms with Gasteiger partial charge in [0.1, 0.15) is 0 Å². The van der Waals surface area contributed by atoms with Crippen LogP contribution in [-0.4, -0.2) is 29.9 Å². The molecule has 1 aromatic heterocycles. The molecule has 0 atom stereocenters. The number of pyridine rings is 1. The van der Waals surface area contributed by atoms with E-state index in [9.17, 15) is 4.79 Å². The van der Waals surface area contributed by atoms with Gasteiger partial charge in [-0.3, -0.25) is 14.8 Å². The molecule has 0 unspecified atom stereocenters. The van der Waals surface area contributed by atoms with Gasteiger partial charge in [0.05, 0.1) is 13.2 Å². The summed E-state index contributed by atoms with van der Waals surface area (Å²) in [6.07, 6.45) is 10.1. The number of ether oxygens (including phenoxy) is 1. The van der Waals surface area contributed by atoms with Gasteiger partial charge >= 0.3 is 0 Å². The molecule has 1 aromatic carbocycles. The second-order valence-electron chi connectivity index (χ2n) is 4.89. The summed E-state index contributed by atoms with van der Waals surface area (Å²) in [4.78, 5) is 24.7. The Balaban J connectivity index is 2.01. The van der Waals surface area contributed by atoms with Gasteiger partial charge < -0.3 is 4.74 Å². The lowest BCUT2D eigenvalue weighted by Gasteiger charge is -2.06. The molecule has 3 rings (SSSR count). The maximum atomic E-state index is 12.4. The Kier molecular flexibility index (Phi) is 4.81. The van der Waals surface area contributed by atoms with Crippen LogP contribution in [0.2, 0.25) is 0 Å². The largest absolute Gasteiger partial charge is 0.371 e. The number of nitrogens with zero attached hydrogens (tertiary/aromatic N) is 3. The van der Waals surface area contributed by atoms with Crippen LogP contribution < -0.4 is 0 Å². The van der Waals surface area contributed by atoms with Crippen molar-refractivity contribution in [2.75, 3.05) is 6.61 Å². The van der Waals surface area contributed by atoms with Gasteiger partial charge in [-0.25, -0.2) is 4.99 Å². The molecule has 23 heavy (non-hydrogen) atoms. The highest BCUT2D eigenvalue weighted by molar-refractivity contribution is 6.03. The Hall–Kier alpha value is -2.92. The zero-order valence-corrected chi connectivity index (χ0v) is 12.4. The second kappa shape index (κ2) is 7.38. The Morgan fingerprint density at radius 1 is 1.09 bits per heavy atom. The SMILES string of the molecule is O=C1N=Cc2ccncc2/C=C\N=CCOCc2ccccc21. The summed E-state index contributed by atoms with van der Waals surface area (Å²) in [7, 11) is 0. The number of benzene rings is 1. The van der Waals surface area contributed by atoms with Crippen molar-refractivity contribution in [2.45, 2.75) is 6.61 Å². The molecule has 0 radical (unpaired) electrons. The predicted octanol–water partition coefficient (Wildman–Crippen LogP) is 2.91. The first kappa shape index (κ1) is 15.0.